The second-order valence-electron chi connectivity index (χ2n) is 5.92. The number of hydrogen-bond donors (Lipinski definition) is 0. The molecule has 7 heteroatoms. The van der Waals surface area contributed by atoms with Crippen molar-refractivity contribution >= 4 is 11.5 Å². The fourth-order valence-electron chi connectivity index (χ4n) is 2.40. The first-order chi connectivity index (χ1) is 11.2. The fraction of sp³-hybridized carbons (Fsp3) is 0.412. The van der Waals surface area contributed by atoms with Crippen molar-refractivity contribution in [1.82, 2.24) is 9.97 Å². The molecule has 0 aliphatic carbocycles. The molecule has 0 amide bonds. The van der Waals surface area contributed by atoms with Crippen LogP contribution in [-0.4, -0.2) is 24.1 Å². The number of nitrogens with zero attached hydrogens (tertiary/aromatic N) is 3. The summed E-state index contributed by atoms with van der Waals surface area (Å²) in [5, 5.41) is 0. The number of anilines is 2. The van der Waals surface area contributed by atoms with Crippen molar-refractivity contribution in [3.8, 4) is 6.01 Å². The van der Waals surface area contributed by atoms with Crippen LogP contribution in [0.25, 0.3) is 0 Å². The molecule has 0 spiro atoms. The van der Waals surface area contributed by atoms with E-state index in [2.05, 4.69) is 23.8 Å². The molecule has 0 fully saturated rings. The molecule has 0 N–H and O–H groups in total. The maximum Gasteiger partial charge on any atom is 0.421 e. The zero-order valence-corrected chi connectivity index (χ0v) is 14.1. The van der Waals surface area contributed by atoms with Crippen molar-refractivity contribution < 1.29 is 17.9 Å². The van der Waals surface area contributed by atoms with E-state index >= 15 is 0 Å². The van der Waals surface area contributed by atoms with Crippen LogP contribution >= 0.6 is 0 Å². The summed E-state index contributed by atoms with van der Waals surface area (Å²) in [4.78, 5) is 8.87. The van der Waals surface area contributed by atoms with Gasteiger partial charge in [0.2, 0.25) is 0 Å². The molecule has 1 aromatic heterocycles. The van der Waals surface area contributed by atoms with E-state index < -0.39 is 11.7 Å². The summed E-state index contributed by atoms with van der Waals surface area (Å²) in [6, 6.07) is 7.30. The Bertz CT molecular complexity index is 702. The number of hydrogen-bond acceptors (Lipinski definition) is 4. The van der Waals surface area contributed by atoms with E-state index in [4.69, 9.17) is 4.74 Å². The highest BCUT2D eigenvalue weighted by Crippen LogP contribution is 2.37. The summed E-state index contributed by atoms with van der Waals surface area (Å²) in [5.74, 6) is 0.214. The molecule has 0 unspecified atom stereocenters. The number of alkyl halides is 3. The molecule has 0 radical (unpaired) electrons. The van der Waals surface area contributed by atoms with E-state index in [1.54, 1.807) is 13.1 Å². The van der Waals surface area contributed by atoms with Crippen molar-refractivity contribution in [3.63, 3.8) is 0 Å². The third kappa shape index (κ3) is 4.15. The topological polar surface area (TPSA) is 38.2 Å². The lowest BCUT2D eigenvalue weighted by atomic mass is 10.0. The van der Waals surface area contributed by atoms with Crippen molar-refractivity contribution in [2.24, 2.45) is 5.92 Å². The largest absolute Gasteiger partial charge is 0.467 e. The fourth-order valence-corrected chi connectivity index (χ4v) is 2.40. The molecule has 0 atom stereocenters. The molecular formula is C17H20F3N3O. The quantitative estimate of drug-likeness (QED) is 0.805. The maximum atomic E-state index is 13.3. The van der Waals surface area contributed by atoms with E-state index in [9.17, 15) is 13.2 Å². The molecule has 0 saturated carbocycles. The second-order valence-corrected chi connectivity index (χ2v) is 5.92. The number of rotatable bonds is 5. The molecule has 0 aliphatic rings. The van der Waals surface area contributed by atoms with Gasteiger partial charge in [-0.15, -0.1) is 0 Å². The predicted molar refractivity (Wildman–Crippen MR) is 86.6 cm³/mol. The van der Waals surface area contributed by atoms with Gasteiger partial charge in [0, 0.05) is 18.9 Å². The minimum Gasteiger partial charge on any atom is -0.467 e. The van der Waals surface area contributed by atoms with Crippen molar-refractivity contribution in [2.75, 3.05) is 19.1 Å². The molecule has 0 bridgehead atoms. The minimum atomic E-state index is -4.55. The lowest BCUT2D eigenvalue weighted by Gasteiger charge is -2.23. The molecule has 2 aromatic rings. The highest BCUT2D eigenvalue weighted by atomic mass is 19.4. The molecule has 4 nitrogen and oxygen atoms in total. The van der Waals surface area contributed by atoms with Gasteiger partial charge in [0.15, 0.2) is 5.82 Å². The standard InChI is InChI=1S/C17H20F3N3O/c1-11(2)8-12-6-5-7-13(9-12)23(3)15-14(17(18,19)20)10-21-16(22-15)24-4/h5-7,9-11H,8H2,1-4H3. The van der Waals surface area contributed by atoms with Crippen LogP contribution < -0.4 is 9.64 Å². The van der Waals surface area contributed by atoms with Crippen LogP contribution in [0.2, 0.25) is 0 Å². The summed E-state index contributed by atoms with van der Waals surface area (Å²) in [5.41, 5.74) is 0.781. The molecule has 0 aliphatic heterocycles. The van der Waals surface area contributed by atoms with E-state index in [1.807, 2.05) is 18.2 Å². The number of halogens is 3. The average Bonchev–Trinajstić information content (AvgIpc) is 2.52. The number of ether oxygens (including phenoxy) is 1. The first-order valence-electron chi connectivity index (χ1n) is 7.53. The smallest absolute Gasteiger partial charge is 0.421 e. The monoisotopic (exact) mass is 339 g/mol. The Kier molecular flexibility index (Phi) is 5.31. The second kappa shape index (κ2) is 7.07. The van der Waals surface area contributed by atoms with Crippen molar-refractivity contribution in [2.45, 2.75) is 26.4 Å². The zero-order valence-electron chi connectivity index (χ0n) is 14.1. The van der Waals surface area contributed by atoms with E-state index in [0.29, 0.717) is 11.6 Å². The van der Waals surface area contributed by atoms with Gasteiger partial charge in [0.05, 0.1) is 7.11 Å². The Morgan fingerprint density at radius 3 is 2.54 bits per heavy atom. The van der Waals surface area contributed by atoms with E-state index in [-0.39, 0.29) is 11.8 Å². The van der Waals surface area contributed by atoms with Gasteiger partial charge in [0.1, 0.15) is 5.56 Å². The van der Waals surface area contributed by atoms with Crippen molar-refractivity contribution in [1.29, 1.82) is 0 Å². The van der Waals surface area contributed by atoms with Crippen LogP contribution in [0.1, 0.15) is 25.0 Å². The molecule has 2 rings (SSSR count). The zero-order chi connectivity index (χ0) is 17.9. The Morgan fingerprint density at radius 2 is 1.96 bits per heavy atom. The number of aromatic nitrogens is 2. The summed E-state index contributed by atoms with van der Waals surface area (Å²) in [7, 11) is 2.86. The summed E-state index contributed by atoms with van der Waals surface area (Å²) in [6.07, 6.45) is -2.96. The highest BCUT2D eigenvalue weighted by Gasteiger charge is 2.36. The Balaban J connectivity index is 2.47. The molecule has 24 heavy (non-hydrogen) atoms. The van der Waals surface area contributed by atoms with Gasteiger partial charge in [-0.1, -0.05) is 26.0 Å². The van der Waals surface area contributed by atoms with E-state index in [1.165, 1.54) is 12.0 Å². The van der Waals surface area contributed by atoms with Gasteiger partial charge in [-0.2, -0.15) is 18.2 Å². The highest BCUT2D eigenvalue weighted by molar-refractivity contribution is 5.63. The third-order valence-electron chi connectivity index (χ3n) is 3.49. The van der Waals surface area contributed by atoms with E-state index in [0.717, 1.165) is 18.2 Å². The molecule has 0 saturated heterocycles. The summed E-state index contributed by atoms with van der Waals surface area (Å²) < 4.78 is 44.7. The van der Waals surface area contributed by atoms with Crippen LogP contribution in [0.15, 0.2) is 30.5 Å². The Morgan fingerprint density at radius 1 is 1.25 bits per heavy atom. The Labute approximate surface area is 139 Å². The van der Waals surface area contributed by atoms with Gasteiger partial charge in [-0.3, -0.25) is 0 Å². The summed E-state index contributed by atoms with van der Waals surface area (Å²) >= 11 is 0. The number of benzene rings is 1. The average molecular weight is 339 g/mol. The SMILES string of the molecule is COc1ncc(C(F)(F)F)c(N(C)c2cccc(CC(C)C)c2)n1. The third-order valence-corrected chi connectivity index (χ3v) is 3.49. The van der Waals surface area contributed by atoms with Crippen LogP contribution in [-0.2, 0) is 12.6 Å². The Hall–Kier alpha value is -2.31. The van der Waals surface area contributed by atoms with Crippen LogP contribution in [0.4, 0.5) is 24.7 Å². The normalized spacial score (nSPS) is 11.7. The molecule has 1 heterocycles. The summed E-state index contributed by atoms with van der Waals surface area (Å²) in [6.45, 7) is 4.18. The molecule has 130 valence electrons. The predicted octanol–water partition coefficient (Wildman–Crippen LogP) is 4.47. The van der Waals surface area contributed by atoms with Gasteiger partial charge in [-0.05, 0) is 30.0 Å². The van der Waals surface area contributed by atoms with Crippen LogP contribution in [0, 0.1) is 5.92 Å². The van der Waals surface area contributed by atoms with Crippen molar-refractivity contribution in [3.05, 3.63) is 41.6 Å². The molecule has 1 aromatic carbocycles. The molecular weight excluding hydrogens is 319 g/mol. The lowest BCUT2D eigenvalue weighted by molar-refractivity contribution is -0.137. The van der Waals surface area contributed by atoms with Crippen LogP contribution in [0.3, 0.4) is 0 Å². The maximum absolute atomic E-state index is 13.3. The van der Waals surface area contributed by atoms with Crippen LogP contribution in [0.5, 0.6) is 6.01 Å². The van der Waals surface area contributed by atoms with Gasteiger partial charge in [-0.25, -0.2) is 4.98 Å². The lowest BCUT2D eigenvalue weighted by Crippen LogP contribution is -2.19. The van der Waals surface area contributed by atoms with Gasteiger partial charge >= 0.3 is 12.2 Å². The first kappa shape index (κ1) is 18.0. The number of methoxy groups -OCH3 is 1. The minimum absolute atomic E-state index is 0.108. The van der Waals surface area contributed by atoms with Gasteiger partial charge in [0.25, 0.3) is 0 Å². The first-order valence-corrected chi connectivity index (χ1v) is 7.53. The van der Waals surface area contributed by atoms with Gasteiger partial charge < -0.3 is 9.64 Å².